The van der Waals surface area contributed by atoms with Crippen molar-refractivity contribution < 1.29 is 14.3 Å². The maximum absolute atomic E-state index is 12.3. The zero-order valence-corrected chi connectivity index (χ0v) is 14.6. The van der Waals surface area contributed by atoms with E-state index < -0.39 is 5.97 Å². The number of rotatable bonds is 4. The Morgan fingerprint density at radius 3 is 2.67 bits per heavy atom. The number of anilines is 1. The molecule has 0 spiro atoms. The van der Waals surface area contributed by atoms with Crippen molar-refractivity contribution in [3.63, 3.8) is 0 Å². The van der Waals surface area contributed by atoms with Gasteiger partial charge in [0.15, 0.2) is 0 Å². The van der Waals surface area contributed by atoms with Crippen molar-refractivity contribution in [1.29, 1.82) is 0 Å². The van der Waals surface area contributed by atoms with Gasteiger partial charge in [0.25, 0.3) is 5.91 Å². The number of esters is 1. The minimum Gasteiger partial charge on any atom is -0.462 e. The molecular formula is C15H14INO3S. The van der Waals surface area contributed by atoms with Crippen LogP contribution in [-0.4, -0.2) is 18.5 Å². The van der Waals surface area contributed by atoms with Crippen LogP contribution >= 0.6 is 33.9 Å². The number of halogens is 1. The molecule has 0 saturated heterocycles. The smallest absolute Gasteiger partial charge is 0.341 e. The molecule has 0 saturated carbocycles. The number of nitrogens with one attached hydrogen (secondary N) is 1. The number of carbonyl (C=O) groups excluding carboxylic acids is 2. The van der Waals surface area contributed by atoms with Gasteiger partial charge in [0.1, 0.15) is 5.00 Å². The summed E-state index contributed by atoms with van der Waals surface area (Å²) in [7, 11) is 0. The number of hydrogen-bond acceptors (Lipinski definition) is 4. The summed E-state index contributed by atoms with van der Waals surface area (Å²) in [4.78, 5) is 25.2. The van der Waals surface area contributed by atoms with E-state index in [0.29, 0.717) is 22.7 Å². The maximum atomic E-state index is 12.3. The molecule has 110 valence electrons. The molecule has 0 radical (unpaired) electrons. The van der Waals surface area contributed by atoms with Gasteiger partial charge in [-0.05, 0) is 54.6 Å². The van der Waals surface area contributed by atoms with Crippen molar-refractivity contribution in [2.45, 2.75) is 13.8 Å². The van der Waals surface area contributed by atoms with Gasteiger partial charge in [-0.3, -0.25) is 4.79 Å². The third kappa shape index (κ3) is 3.82. The summed E-state index contributed by atoms with van der Waals surface area (Å²) >= 11 is 3.47. The second kappa shape index (κ2) is 7.04. The van der Waals surface area contributed by atoms with Crippen LogP contribution in [-0.2, 0) is 4.74 Å². The van der Waals surface area contributed by atoms with Crippen molar-refractivity contribution in [3.05, 3.63) is 49.9 Å². The van der Waals surface area contributed by atoms with Crippen molar-refractivity contribution in [2.24, 2.45) is 0 Å². The number of amides is 1. The first-order chi connectivity index (χ1) is 10.0. The lowest BCUT2D eigenvalue weighted by atomic mass is 10.2. The van der Waals surface area contributed by atoms with Gasteiger partial charge in [-0.25, -0.2) is 4.79 Å². The molecule has 4 nitrogen and oxygen atoms in total. The molecule has 1 amide bonds. The highest BCUT2D eigenvalue weighted by Gasteiger charge is 2.19. The fourth-order valence-corrected chi connectivity index (χ4v) is 3.31. The second-order valence-corrected chi connectivity index (χ2v) is 6.67. The summed E-state index contributed by atoms with van der Waals surface area (Å²) in [5, 5.41) is 3.33. The number of hydrogen-bond donors (Lipinski definition) is 1. The zero-order valence-electron chi connectivity index (χ0n) is 11.6. The molecule has 2 aromatic rings. The first-order valence-corrected chi connectivity index (χ1v) is 8.26. The van der Waals surface area contributed by atoms with Gasteiger partial charge in [-0.1, -0.05) is 12.1 Å². The number of ether oxygens (including phenoxy) is 1. The van der Waals surface area contributed by atoms with Gasteiger partial charge in [0.2, 0.25) is 0 Å². The van der Waals surface area contributed by atoms with Crippen LogP contribution in [0.3, 0.4) is 0 Å². The quantitative estimate of drug-likeness (QED) is 0.605. The van der Waals surface area contributed by atoms with Crippen LogP contribution in [0.1, 0.15) is 32.5 Å². The van der Waals surface area contributed by atoms with Crippen LogP contribution in [0.15, 0.2) is 30.3 Å². The average Bonchev–Trinajstić information content (AvgIpc) is 2.80. The van der Waals surface area contributed by atoms with Crippen LogP contribution in [0.25, 0.3) is 0 Å². The number of thiophene rings is 1. The molecule has 0 aliphatic carbocycles. The number of carbonyl (C=O) groups is 2. The third-order valence-corrected chi connectivity index (χ3v) is 4.60. The van der Waals surface area contributed by atoms with Gasteiger partial charge in [-0.15, -0.1) is 11.3 Å². The molecule has 2 rings (SSSR count). The molecule has 0 aliphatic heterocycles. The summed E-state index contributed by atoms with van der Waals surface area (Å²) in [5.41, 5.74) is 0.984. The van der Waals surface area contributed by atoms with E-state index in [-0.39, 0.29) is 5.91 Å². The highest BCUT2D eigenvalue weighted by Crippen LogP contribution is 2.29. The summed E-state index contributed by atoms with van der Waals surface area (Å²) in [6.07, 6.45) is 0. The predicted molar refractivity (Wildman–Crippen MR) is 92.1 cm³/mol. The lowest BCUT2D eigenvalue weighted by Gasteiger charge is -2.07. The topological polar surface area (TPSA) is 55.4 Å². The molecule has 21 heavy (non-hydrogen) atoms. The highest BCUT2D eigenvalue weighted by atomic mass is 127. The Bertz CT molecular complexity index is 681. The fraction of sp³-hybridized carbons (Fsp3) is 0.200. The molecule has 1 aromatic heterocycles. The summed E-state index contributed by atoms with van der Waals surface area (Å²) < 4.78 is 5.87. The van der Waals surface area contributed by atoms with Crippen LogP contribution in [0, 0.1) is 10.5 Å². The van der Waals surface area contributed by atoms with Gasteiger partial charge in [-0.2, -0.15) is 0 Å². The van der Waals surface area contributed by atoms with Gasteiger partial charge in [0.05, 0.1) is 17.7 Å². The Balaban J connectivity index is 2.26. The minimum atomic E-state index is -0.417. The average molecular weight is 415 g/mol. The van der Waals surface area contributed by atoms with Gasteiger partial charge in [0, 0.05) is 8.45 Å². The molecular weight excluding hydrogens is 401 g/mol. The van der Waals surface area contributed by atoms with E-state index >= 15 is 0 Å². The van der Waals surface area contributed by atoms with Crippen molar-refractivity contribution in [3.8, 4) is 0 Å². The summed E-state index contributed by atoms with van der Waals surface area (Å²) in [6.45, 7) is 3.94. The van der Waals surface area contributed by atoms with Crippen LogP contribution < -0.4 is 5.32 Å². The zero-order chi connectivity index (χ0) is 15.4. The van der Waals surface area contributed by atoms with E-state index in [9.17, 15) is 9.59 Å². The van der Waals surface area contributed by atoms with E-state index in [2.05, 4.69) is 27.9 Å². The van der Waals surface area contributed by atoms with Crippen molar-refractivity contribution in [1.82, 2.24) is 0 Å². The van der Waals surface area contributed by atoms with E-state index in [0.717, 1.165) is 8.45 Å². The Morgan fingerprint density at radius 2 is 2.00 bits per heavy atom. The molecule has 6 heteroatoms. The first-order valence-electron chi connectivity index (χ1n) is 6.36. The number of benzene rings is 1. The molecule has 0 aliphatic rings. The van der Waals surface area contributed by atoms with Crippen molar-refractivity contribution >= 4 is 50.8 Å². The molecule has 1 aromatic carbocycles. The largest absolute Gasteiger partial charge is 0.462 e. The molecule has 0 atom stereocenters. The van der Waals surface area contributed by atoms with Crippen LogP contribution in [0.2, 0.25) is 0 Å². The van der Waals surface area contributed by atoms with E-state index in [4.69, 9.17) is 4.74 Å². The Kier molecular flexibility index (Phi) is 5.35. The normalized spacial score (nSPS) is 10.2. The SMILES string of the molecule is CCOC(=O)c1cc(C)sc1NC(=O)c1ccccc1I. The van der Waals surface area contributed by atoms with Crippen LogP contribution in [0.4, 0.5) is 5.00 Å². The monoisotopic (exact) mass is 415 g/mol. The molecule has 1 heterocycles. The second-order valence-electron chi connectivity index (χ2n) is 4.25. The van der Waals surface area contributed by atoms with Crippen molar-refractivity contribution in [2.75, 3.05) is 11.9 Å². The Morgan fingerprint density at radius 1 is 1.29 bits per heavy atom. The lowest BCUT2D eigenvalue weighted by molar-refractivity contribution is 0.0528. The van der Waals surface area contributed by atoms with Crippen LogP contribution in [0.5, 0.6) is 0 Å². The Labute approximate surface area is 140 Å². The van der Waals surface area contributed by atoms with Gasteiger partial charge >= 0.3 is 5.97 Å². The lowest BCUT2D eigenvalue weighted by Crippen LogP contribution is -2.15. The minimum absolute atomic E-state index is 0.229. The molecule has 1 N–H and O–H groups in total. The van der Waals surface area contributed by atoms with E-state index in [1.165, 1.54) is 11.3 Å². The maximum Gasteiger partial charge on any atom is 0.341 e. The van der Waals surface area contributed by atoms with Gasteiger partial charge < -0.3 is 10.1 Å². The third-order valence-electron chi connectivity index (χ3n) is 2.70. The standard InChI is InChI=1S/C15H14INO3S/c1-3-20-15(19)11-8-9(2)21-14(11)17-13(18)10-6-4-5-7-12(10)16/h4-8H,3H2,1-2H3,(H,17,18). The predicted octanol–water partition coefficient (Wildman–Crippen LogP) is 4.09. The number of aryl methyl sites for hydroxylation is 1. The summed E-state index contributed by atoms with van der Waals surface area (Å²) in [6, 6.07) is 9.03. The highest BCUT2D eigenvalue weighted by molar-refractivity contribution is 14.1. The molecule has 0 fully saturated rings. The Hall–Kier alpha value is -1.41. The summed E-state index contributed by atoms with van der Waals surface area (Å²) in [5.74, 6) is -0.646. The van der Waals surface area contributed by atoms with E-state index in [1.54, 1.807) is 19.1 Å². The molecule has 0 unspecified atom stereocenters. The first kappa shape index (κ1) is 16.0. The molecule has 0 bridgehead atoms. The van der Waals surface area contributed by atoms with E-state index in [1.807, 2.05) is 25.1 Å². The fourth-order valence-electron chi connectivity index (χ4n) is 1.78.